The Morgan fingerprint density at radius 2 is 2.05 bits per heavy atom. The maximum Gasteiger partial charge on any atom is 0.327 e. The van der Waals surface area contributed by atoms with E-state index in [1.54, 1.807) is 6.92 Å². The van der Waals surface area contributed by atoms with E-state index in [-0.39, 0.29) is 17.8 Å². The number of carbonyl (C=O) groups excluding carboxylic acids is 2. The third kappa shape index (κ3) is 4.03. The molecule has 21 heavy (non-hydrogen) atoms. The average Bonchev–Trinajstić information content (AvgIpc) is 2.88. The smallest absolute Gasteiger partial charge is 0.327 e. The number of urea groups is 1. The molecule has 1 heterocycles. The van der Waals surface area contributed by atoms with Crippen molar-refractivity contribution in [2.24, 2.45) is 5.92 Å². The lowest BCUT2D eigenvalue weighted by Crippen LogP contribution is -2.53. The molecule has 0 saturated carbocycles. The molecule has 120 valence electrons. The second-order valence-electron chi connectivity index (χ2n) is 5.10. The van der Waals surface area contributed by atoms with Crippen molar-refractivity contribution >= 4 is 29.7 Å². The quantitative estimate of drug-likeness (QED) is 0.763. The summed E-state index contributed by atoms with van der Waals surface area (Å²) in [5, 5.41) is 9.09. The van der Waals surface area contributed by atoms with Crippen LogP contribution in [0.25, 0.3) is 0 Å². The number of nitrogens with zero attached hydrogens (tertiary/aromatic N) is 2. The summed E-state index contributed by atoms with van der Waals surface area (Å²) in [6.07, 6.45) is 0. The number of carboxylic acids is 1. The second-order valence-corrected chi connectivity index (χ2v) is 6.25. The van der Waals surface area contributed by atoms with E-state index in [0.717, 1.165) is 0 Å². The fourth-order valence-electron chi connectivity index (χ4n) is 2.17. The summed E-state index contributed by atoms with van der Waals surface area (Å²) in [6, 6.07) is -1.29. The van der Waals surface area contributed by atoms with Crippen LogP contribution in [0.2, 0.25) is 0 Å². The van der Waals surface area contributed by atoms with Gasteiger partial charge < -0.3 is 14.7 Å². The Morgan fingerprint density at radius 1 is 1.43 bits per heavy atom. The number of rotatable bonds is 5. The molecule has 1 rings (SSSR count). The number of carbonyl (C=O) groups is 3. The van der Waals surface area contributed by atoms with Gasteiger partial charge in [-0.25, -0.2) is 9.59 Å². The largest absolute Gasteiger partial charge is 0.480 e. The Morgan fingerprint density at radius 3 is 2.48 bits per heavy atom. The van der Waals surface area contributed by atoms with Crippen LogP contribution in [0.15, 0.2) is 0 Å². The molecule has 0 aromatic carbocycles. The van der Waals surface area contributed by atoms with Gasteiger partial charge in [-0.3, -0.25) is 9.69 Å². The number of ether oxygens (including phenoxy) is 1. The van der Waals surface area contributed by atoms with Crippen molar-refractivity contribution in [1.29, 1.82) is 0 Å². The van der Waals surface area contributed by atoms with Crippen LogP contribution in [0.1, 0.15) is 20.8 Å². The summed E-state index contributed by atoms with van der Waals surface area (Å²) in [5.74, 6) is -1.06. The standard InChI is InChI=1S/C13H22N2O5S/c1-5-14(6-10(16)20-4)13(19)15-9(12(17)18)7-21-11(15)8(2)3/h8-9,11H,5-7H2,1-4H3,(H,17,18). The molecule has 1 saturated heterocycles. The van der Waals surface area contributed by atoms with Gasteiger partial charge in [0.2, 0.25) is 0 Å². The highest BCUT2D eigenvalue weighted by Gasteiger charge is 2.44. The molecule has 1 N–H and O–H groups in total. The van der Waals surface area contributed by atoms with Gasteiger partial charge in [-0.15, -0.1) is 11.8 Å². The van der Waals surface area contributed by atoms with E-state index in [2.05, 4.69) is 4.74 Å². The lowest BCUT2D eigenvalue weighted by molar-refractivity contribution is -0.141. The van der Waals surface area contributed by atoms with Gasteiger partial charge in [0.15, 0.2) is 0 Å². The lowest BCUT2D eigenvalue weighted by atomic mass is 10.1. The Kier molecular flexibility index (Phi) is 6.32. The highest BCUT2D eigenvalue weighted by molar-refractivity contribution is 8.00. The molecule has 0 aromatic heterocycles. The van der Waals surface area contributed by atoms with E-state index in [1.807, 2.05) is 13.8 Å². The van der Waals surface area contributed by atoms with Gasteiger partial charge in [0.05, 0.1) is 12.5 Å². The first-order chi connectivity index (χ1) is 9.83. The Balaban J connectivity index is 2.96. The second kappa shape index (κ2) is 7.53. The zero-order chi connectivity index (χ0) is 16.2. The van der Waals surface area contributed by atoms with Crippen LogP contribution < -0.4 is 0 Å². The fourth-order valence-corrected chi connectivity index (χ4v) is 3.64. The predicted octanol–water partition coefficient (Wildman–Crippen LogP) is 1.09. The van der Waals surface area contributed by atoms with Crippen molar-refractivity contribution in [2.45, 2.75) is 32.2 Å². The number of carboxylic acid groups (broad SMARTS) is 1. The summed E-state index contributed by atoms with van der Waals surface area (Å²) in [5.41, 5.74) is 0. The fraction of sp³-hybridized carbons (Fsp3) is 0.769. The highest BCUT2D eigenvalue weighted by Crippen LogP contribution is 2.34. The summed E-state index contributed by atoms with van der Waals surface area (Å²) >= 11 is 1.46. The Hall–Kier alpha value is -1.44. The van der Waals surface area contributed by atoms with Gasteiger partial charge in [-0.1, -0.05) is 13.8 Å². The number of amides is 2. The first kappa shape index (κ1) is 17.6. The molecule has 0 aromatic rings. The molecule has 1 aliphatic rings. The number of esters is 1. The molecule has 2 amide bonds. The van der Waals surface area contributed by atoms with Gasteiger partial charge in [0.25, 0.3) is 0 Å². The van der Waals surface area contributed by atoms with Crippen molar-refractivity contribution < 1.29 is 24.2 Å². The molecule has 1 aliphatic heterocycles. The number of thioether (sulfide) groups is 1. The van der Waals surface area contributed by atoms with Crippen molar-refractivity contribution in [1.82, 2.24) is 9.80 Å². The first-order valence-corrected chi connectivity index (χ1v) is 7.86. The summed E-state index contributed by atoms with van der Waals surface area (Å²) < 4.78 is 4.57. The monoisotopic (exact) mass is 318 g/mol. The van der Waals surface area contributed by atoms with E-state index in [4.69, 9.17) is 0 Å². The molecule has 0 bridgehead atoms. The van der Waals surface area contributed by atoms with E-state index in [0.29, 0.717) is 12.3 Å². The van der Waals surface area contributed by atoms with E-state index in [9.17, 15) is 19.5 Å². The Labute approximate surface area is 128 Å². The van der Waals surface area contributed by atoms with Gasteiger partial charge in [-0.05, 0) is 12.8 Å². The number of likely N-dealkylation sites (N-methyl/N-ethyl adjacent to an activating group) is 1. The van der Waals surface area contributed by atoms with Crippen LogP contribution in [0.4, 0.5) is 4.79 Å². The topological polar surface area (TPSA) is 87.2 Å². The number of hydrogen-bond donors (Lipinski definition) is 1. The molecule has 0 aliphatic carbocycles. The van der Waals surface area contributed by atoms with Gasteiger partial charge in [-0.2, -0.15) is 0 Å². The van der Waals surface area contributed by atoms with Crippen LogP contribution in [0.3, 0.4) is 0 Å². The third-order valence-electron chi connectivity index (χ3n) is 3.31. The molecule has 8 heteroatoms. The van der Waals surface area contributed by atoms with Gasteiger partial charge >= 0.3 is 18.0 Å². The van der Waals surface area contributed by atoms with E-state index < -0.39 is 24.0 Å². The molecule has 0 spiro atoms. The van der Waals surface area contributed by atoms with Crippen LogP contribution >= 0.6 is 11.8 Å². The molecule has 7 nitrogen and oxygen atoms in total. The summed E-state index contributed by atoms with van der Waals surface area (Å²) in [7, 11) is 1.25. The average molecular weight is 318 g/mol. The molecule has 2 atom stereocenters. The van der Waals surface area contributed by atoms with Crippen molar-refractivity contribution in [3.05, 3.63) is 0 Å². The third-order valence-corrected chi connectivity index (χ3v) is 4.93. The predicted molar refractivity (Wildman–Crippen MR) is 79.0 cm³/mol. The molecule has 1 fully saturated rings. The van der Waals surface area contributed by atoms with Crippen molar-refractivity contribution in [2.75, 3.05) is 26.0 Å². The highest BCUT2D eigenvalue weighted by atomic mass is 32.2. The molecule has 2 unspecified atom stereocenters. The summed E-state index contributed by atoms with van der Waals surface area (Å²) in [4.78, 5) is 38.0. The molecular formula is C13H22N2O5S. The number of hydrogen-bond acceptors (Lipinski definition) is 5. The lowest BCUT2D eigenvalue weighted by Gasteiger charge is -2.34. The van der Waals surface area contributed by atoms with Crippen molar-refractivity contribution in [3.8, 4) is 0 Å². The Bertz CT molecular complexity index is 415. The SMILES string of the molecule is CCN(CC(=O)OC)C(=O)N1C(C(=O)O)CSC1C(C)C. The zero-order valence-corrected chi connectivity index (χ0v) is 13.6. The number of methoxy groups -OCH3 is 1. The van der Waals surface area contributed by atoms with E-state index in [1.165, 1.54) is 28.7 Å². The van der Waals surface area contributed by atoms with Crippen LogP contribution in [-0.4, -0.2) is 70.2 Å². The minimum atomic E-state index is -1.02. The number of aliphatic carboxylic acids is 1. The van der Waals surface area contributed by atoms with Gasteiger partial charge in [0, 0.05) is 12.3 Å². The van der Waals surface area contributed by atoms with Gasteiger partial charge in [0.1, 0.15) is 12.6 Å². The normalized spacial score (nSPS) is 21.5. The summed E-state index contributed by atoms with van der Waals surface area (Å²) in [6.45, 7) is 5.76. The molecule has 0 radical (unpaired) electrons. The minimum absolute atomic E-state index is 0.125. The maximum absolute atomic E-state index is 12.6. The van der Waals surface area contributed by atoms with Crippen molar-refractivity contribution in [3.63, 3.8) is 0 Å². The molecular weight excluding hydrogens is 296 g/mol. The van der Waals surface area contributed by atoms with Crippen LogP contribution in [0.5, 0.6) is 0 Å². The van der Waals surface area contributed by atoms with Crippen LogP contribution in [0, 0.1) is 5.92 Å². The minimum Gasteiger partial charge on any atom is -0.480 e. The first-order valence-electron chi connectivity index (χ1n) is 6.81. The maximum atomic E-state index is 12.6. The van der Waals surface area contributed by atoms with Crippen LogP contribution in [-0.2, 0) is 14.3 Å². The van der Waals surface area contributed by atoms with E-state index >= 15 is 0 Å². The zero-order valence-electron chi connectivity index (χ0n) is 12.7.